The Morgan fingerprint density at radius 2 is 1.59 bits per heavy atom. The molecule has 0 aromatic heterocycles. The summed E-state index contributed by atoms with van der Waals surface area (Å²) in [5, 5.41) is 0. The van der Waals surface area contributed by atoms with Gasteiger partial charge in [-0.15, -0.1) is 0 Å². The van der Waals surface area contributed by atoms with E-state index < -0.39 is 5.97 Å². The molecule has 0 N–H and O–H groups in total. The Balaban J connectivity index is 2.04. The van der Waals surface area contributed by atoms with Crippen molar-refractivity contribution in [3.63, 3.8) is 0 Å². The molecule has 1 aliphatic rings. The maximum atomic E-state index is 12.5. The first-order valence-corrected chi connectivity index (χ1v) is 8.84. The van der Waals surface area contributed by atoms with Crippen LogP contribution in [0.15, 0.2) is 24.3 Å². The number of nitrogens with zero attached hydrogens (tertiary/aromatic N) is 3. The summed E-state index contributed by atoms with van der Waals surface area (Å²) in [5.41, 5.74) is 0.698. The Bertz CT molecular complexity index is 726. The molecule has 0 bridgehead atoms. The third-order valence-corrected chi connectivity index (χ3v) is 4.61. The van der Waals surface area contributed by atoms with Gasteiger partial charge in [0.2, 0.25) is 17.7 Å². The first-order valence-electron chi connectivity index (χ1n) is 8.84. The van der Waals surface area contributed by atoms with Crippen LogP contribution in [0.2, 0.25) is 0 Å². The number of para-hydroxylation sites is 1. The molecule has 27 heavy (non-hydrogen) atoms. The van der Waals surface area contributed by atoms with Crippen LogP contribution in [0.5, 0.6) is 0 Å². The molecule has 0 spiro atoms. The van der Waals surface area contributed by atoms with Crippen molar-refractivity contribution in [1.82, 2.24) is 9.80 Å². The van der Waals surface area contributed by atoms with Crippen molar-refractivity contribution in [2.75, 3.05) is 44.7 Å². The minimum Gasteiger partial charge on any atom is -0.465 e. The van der Waals surface area contributed by atoms with E-state index in [2.05, 4.69) is 0 Å². The molecule has 0 atom stereocenters. The molecular formula is C19H25N3O5. The van der Waals surface area contributed by atoms with E-state index in [9.17, 15) is 19.2 Å². The number of piperazine rings is 1. The van der Waals surface area contributed by atoms with E-state index >= 15 is 0 Å². The van der Waals surface area contributed by atoms with E-state index in [-0.39, 0.29) is 36.3 Å². The second kappa shape index (κ2) is 9.16. The second-order valence-electron chi connectivity index (χ2n) is 6.32. The van der Waals surface area contributed by atoms with Crippen LogP contribution in [0, 0.1) is 0 Å². The first-order chi connectivity index (χ1) is 12.8. The Labute approximate surface area is 158 Å². The fourth-order valence-electron chi connectivity index (χ4n) is 3.08. The molecule has 0 radical (unpaired) electrons. The van der Waals surface area contributed by atoms with Gasteiger partial charge in [-0.25, -0.2) is 4.79 Å². The lowest BCUT2D eigenvalue weighted by Gasteiger charge is -2.34. The second-order valence-corrected chi connectivity index (χ2v) is 6.32. The monoisotopic (exact) mass is 375 g/mol. The van der Waals surface area contributed by atoms with Crippen LogP contribution in [0.4, 0.5) is 5.69 Å². The van der Waals surface area contributed by atoms with Crippen molar-refractivity contribution in [1.29, 1.82) is 0 Å². The highest BCUT2D eigenvalue weighted by Crippen LogP contribution is 2.22. The zero-order chi connectivity index (χ0) is 20.0. The molecule has 3 amide bonds. The van der Waals surface area contributed by atoms with Crippen molar-refractivity contribution in [3.8, 4) is 0 Å². The Hall–Kier alpha value is -2.90. The van der Waals surface area contributed by atoms with Gasteiger partial charge in [-0.05, 0) is 12.1 Å². The first kappa shape index (κ1) is 20.4. The SMILES string of the molecule is COC(=O)c1ccccc1N(CCC(=O)N1CCN(C(C)=O)CC1)C(C)=O. The lowest BCUT2D eigenvalue weighted by Crippen LogP contribution is -2.50. The van der Waals surface area contributed by atoms with Crippen LogP contribution in [0.25, 0.3) is 0 Å². The summed E-state index contributed by atoms with van der Waals surface area (Å²) in [6.07, 6.45) is 0.134. The standard InChI is InChI=1S/C19H25N3O5/c1-14(23)20-10-12-21(13-11-20)18(25)8-9-22(15(2)24)17-7-5-4-6-16(17)19(26)27-3/h4-7H,8-13H2,1-3H3. The molecule has 1 fully saturated rings. The van der Waals surface area contributed by atoms with Crippen LogP contribution in [0.1, 0.15) is 30.6 Å². The molecule has 0 aliphatic carbocycles. The number of rotatable bonds is 5. The van der Waals surface area contributed by atoms with Gasteiger partial charge in [0.25, 0.3) is 0 Å². The normalized spacial score (nSPS) is 13.9. The van der Waals surface area contributed by atoms with Crippen LogP contribution < -0.4 is 4.90 Å². The Kier molecular flexibility index (Phi) is 6.92. The fraction of sp³-hybridized carbons (Fsp3) is 0.474. The molecule has 1 aromatic carbocycles. The van der Waals surface area contributed by atoms with E-state index in [0.29, 0.717) is 31.9 Å². The summed E-state index contributed by atoms with van der Waals surface area (Å²) in [7, 11) is 1.28. The highest BCUT2D eigenvalue weighted by Gasteiger charge is 2.24. The zero-order valence-corrected chi connectivity index (χ0v) is 15.9. The van der Waals surface area contributed by atoms with E-state index in [1.165, 1.54) is 25.9 Å². The van der Waals surface area contributed by atoms with E-state index in [1.54, 1.807) is 34.1 Å². The number of hydrogen-bond donors (Lipinski definition) is 0. The molecular weight excluding hydrogens is 350 g/mol. The van der Waals surface area contributed by atoms with Crippen molar-refractivity contribution in [2.45, 2.75) is 20.3 Å². The number of anilines is 1. The summed E-state index contributed by atoms with van der Waals surface area (Å²) in [6, 6.07) is 6.65. The minimum atomic E-state index is -0.538. The number of esters is 1. The molecule has 1 saturated heterocycles. The third kappa shape index (κ3) is 5.06. The zero-order valence-electron chi connectivity index (χ0n) is 15.9. The van der Waals surface area contributed by atoms with Gasteiger partial charge in [-0.1, -0.05) is 12.1 Å². The third-order valence-electron chi connectivity index (χ3n) is 4.61. The van der Waals surface area contributed by atoms with Crippen LogP contribution in [-0.2, 0) is 19.1 Å². The number of hydrogen-bond acceptors (Lipinski definition) is 5. The minimum absolute atomic E-state index is 0.00395. The maximum Gasteiger partial charge on any atom is 0.339 e. The summed E-state index contributed by atoms with van der Waals surface area (Å²) >= 11 is 0. The lowest BCUT2D eigenvalue weighted by molar-refractivity contribution is -0.138. The molecule has 146 valence electrons. The maximum absolute atomic E-state index is 12.5. The highest BCUT2D eigenvalue weighted by molar-refractivity contribution is 6.02. The van der Waals surface area contributed by atoms with E-state index in [4.69, 9.17) is 4.74 Å². The largest absolute Gasteiger partial charge is 0.465 e. The average molecular weight is 375 g/mol. The molecule has 2 rings (SSSR count). The van der Waals surface area contributed by atoms with Crippen molar-refractivity contribution in [3.05, 3.63) is 29.8 Å². The summed E-state index contributed by atoms with van der Waals surface area (Å²) < 4.78 is 4.77. The summed E-state index contributed by atoms with van der Waals surface area (Å²) in [5.74, 6) is -0.881. The van der Waals surface area contributed by atoms with Gasteiger partial charge in [0, 0.05) is 53.0 Å². The van der Waals surface area contributed by atoms with Crippen LogP contribution in [0.3, 0.4) is 0 Å². The Morgan fingerprint density at radius 3 is 2.15 bits per heavy atom. The van der Waals surface area contributed by atoms with Gasteiger partial charge in [0.15, 0.2) is 0 Å². The van der Waals surface area contributed by atoms with Crippen LogP contribution >= 0.6 is 0 Å². The van der Waals surface area contributed by atoms with Gasteiger partial charge in [-0.2, -0.15) is 0 Å². The van der Waals surface area contributed by atoms with Crippen molar-refractivity contribution in [2.24, 2.45) is 0 Å². The molecule has 1 aromatic rings. The number of ether oxygens (including phenoxy) is 1. The van der Waals surface area contributed by atoms with E-state index in [1.807, 2.05) is 0 Å². The van der Waals surface area contributed by atoms with Crippen LogP contribution in [-0.4, -0.2) is 73.3 Å². The number of carbonyl (C=O) groups is 4. The Morgan fingerprint density at radius 1 is 1.00 bits per heavy atom. The topological polar surface area (TPSA) is 87.2 Å². The molecule has 1 aliphatic heterocycles. The quantitative estimate of drug-likeness (QED) is 0.714. The smallest absolute Gasteiger partial charge is 0.339 e. The molecule has 1 heterocycles. The molecule has 8 heteroatoms. The molecule has 0 saturated carbocycles. The van der Waals surface area contributed by atoms with Gasteiger partial charge in [0.05, 0.1) is 18.4 Å². The number of benzene rings is 1. The van der Waals surface area contributed by atoms with Crippen molar-refractivity contribution < 1.29 is 23.9 Å². The van der Waals surface area contributed by atoms with Gasteiger partial charge < -0.3 is 19.4 Å². The summed E-state index contributed by atoms with van der Waals surface area (Å²) in [4.78, 5) is 52.8. The molecule has 0 unspecified atom stereocenters. The highest BCUT2D eigenvalue weighted by atomic mass is 16.5. The van der Waals surface area contributed by atoms with Crippen molar-refractivity contribution >= 4 is 29.4 Å². The lowest BCUT2D eigenvalue weighted by atomic mass is 10.1. The van der Waals surface area contributed by atoms with Gasteiger partial charge >= 0.3 is 5.97 Å². The predicted molar refractivity (Wildman–Crippen MR) is 99.3 cm³/mol. The molecule has 8 nitrogen and oxygen atoms in total. The fourth-order valence-corrected chi connectivity index (χ4v) is 3.08. The van der Waals surface area contributed by atoms with Gasteiger partial charge in [-0.3, -0.25) is 14.4 Å². The number of carbonyl (C=O) groups excluding carboxylic acids is 4. The van der Waals surface area contributed by atoms with E-state index in [0.717, 1.165) is 0 Å². The van der Waals surface area contributed by atoms with Gasteiger partial charge in [0.1, 0.15) is 0 Å². The summed E-state index contributed by atoms with van der Waals surface area (Å²) in [6.45, 7) is 5.07. The number of methoxy groups -OCH3 is 1. The predicted octanol–water partition coefficient (Wildman–Crippen LogP) is 0.907. The average Bonchev–Trinajstić information content (AvgIpc) is 2.67. The number of amides is 3.